The summed E-state index contributed by atoms with van der Waals surface area (Å²) in [5.41, 5.74) is 0.754. The smallest absolute Gasteiger partial charge is 0.0802 e. The monoisotopic (exact) mass is 171 g/mol. The van der Waals surface area contributed by atoms with E-state index in [0.29, 0.717) is 11.4 Å². The third-order valence-corrected chi connectivity index (χ3v) is 1.87. The van der Waals surface area contributed by atoms with Gasteiger partial charge in [0.2, 0.25) is 0 Å². The minimum atomic E-state index is -0.467. The molecule has 0 aliphatic rings. The summed E-state index contributed by atoms with van der Waals surface area (Å²) < 4.78 is 0. The van der Waals surface area contributed by atoms with Crippen LogP contribution in [0.5, 0.6) is 0 Å². The molecule has 0 aliphatic carbocycles. The predicted octanol–water partition coefficient (Wildman–Crippen LogP) is 2.18. The topological polar surface area (TPSA) is 33.1 Å². The standard InChI is InChI=1S/C8H10ClNO/c1-2-8(11)6-3-4-10-5-7(6)9/h3-5,8,11H,2H2,1H3. The Bertz CT molecular complexity index is 239. The van der Waals surface area contributed by atoms with Crippen LogP contribution < -0.4 is 0 Å². The zero-order valence-electron chi connectivity index (χ0n) is 6.29. The Morgan fingerprint density at radius 3 is 3.00 bits per heavy atom. The van der Waals surface area contributed by atoms with Crippen LogP contribution in [0.15, 0.2) is 18.5 Å². The highest BCUT2D eigenvalue weighted by molar-refractivity contribution is 6.31. The lowest BCUT2D eigenvalue weighted by Gasteiger charge is -2.08. The van der Waals surface area contributed by atoms with Gasteiger partial charge < -0.3 is 5.11 Å². The molecule has 0 spiro atoms. The summed E-state index contributed by atoms with van der Waals surface area (Å²) in [5.74, 6) is 0. The van der Waals surface area contributed by atoms with Gasteiger partial charge in [-0.05, 0) is 12.5 Å². The average Bonchev–Trinajstić information content (AvgIpc) is 2.04. The van der Waals surface area contributed by atoms with Crippen molar-refractivity contribution in [3.63, 3.8) is 0 Å². The SMILES string of the molecule is CCC(O)c1ccncc1Cl. The summed E-state index contributed by atoms with van der Waals surface area (Å²) in [5, 5.41) is 9.93. The van der Waals surface area contributed by atoms with E-state index in [4.69, 9.17) is 11.6 Å². The fourth-order valence-electron chi connectivity index (χ4n) is 0.876. The lowest BCUT2D eigenvalue weighted by Crippen LogP contribution is -1.95. The molecule has 1 atom stereocenters. The molecule has 0 saturated carbocycles. The summed E-state index contributed by atoms with van der Waals surface area (Å²) in [6.45, 7) is 1.90. The number of aliphatic hydroxyl groups is 1. The van der Waals surface area contributed by atoms with Gasteiger partial charge in [0.15, 0.2) is 0 Å². The van der Waals surface area contributed by atoms with E-state index < -0.39 is 6.10 Å². The van der Waals surface area contributed by atoms with Gasteiger partial charge >= 0.3 is 0 Å². The minimum absolute atomic E-state index is 0.467. The third kappa shape index (κ3) is 1.91. The summed E-state index contributed by atoms with van der Waals surface area (Å²) in [4.78, 5) is 3.82. The van der Waals surface area contributed by atoms with Crippen LogP contribution >= 0.6 is 11.6 Å². The first-order valence-corrected chi connectivity index (χ1v) is 3.91. The van der Waals surface area contributed by atoms with Gasteiger partial charge in [-0.2, -0.15) is 0 Å². The van der Waals surface area contributed by atoms with Gasteiger partial charge in [0.25, 0.3) is 0 Å². The number of aliphatic hydroxyl groups excluding tert-OH is 1. The quantitative estimate of drug-likeness (QED) is 0.740. The molecule has 0 saturated heterocycles. The third-order valence-electron chi connectivity index (χ3n) is 1.55. The normalized spacial score (nSPS) is 13.0. The van der Waals surface area contributed by atoms with Crippen LogP contribution in [-0.4, -0.2) is 10.1 Å². The molecule has 0 aromatic carbocycles. The molecule has 1 aromatic heterocycles. The first-order chi connectivity index (χ1) is 5.25. The second kappa shape index (κ2) is 3.69. The maximum atomic E-state index is 9.40. The Labute approximate surface area is 70.8 Å². The van der Waals surface area contributed by atoms with E-state index in [9.17, 15) is 5.11 Å². The van der Waals surface area contributed by atoms with Crippen molar-refractivity contribution >= 4 is 11.6 Å². The lowest BCUT2D eigenvalue weighted by atomic mass is 10.1. The van der Waals surface area contributed by atoms with Crippen molar-refractivity contribution in [2.75, 3.05) is 0 Å². The second-order valence-corrected chi connectivity index (χ2v) is 2.73. The number of pyridine rings is 1. The number of nitrogens with zero attached hydrogens (tertiary/aromatic N) is 1. The van der Waals surface area contributed by atoms with Crippen molar-refractivity contribution in [1.29, 1.82) is 0 Å². The maximum absolute atomic E-state index is 9.40. The van der Waals surface area contributed by atoms with Crippen LogP contribution in [0.3, 0.4) is 0 Å². The van der Waals surface area contributed by atoms with Crippen LogP contribution in [0.25, 0.3) is 0 Å². The van der Waals surface area contributed by atoms with Crippen LogP contribution in [0, 0.1) is 0 Å². The number of halogens is 1. The van der Waals surface area contributed by atoms with Gasteiger partial charge in [-0.15, -0.1) is 0 Å². The van der Waals surface area contributed by atoms with Crippen molar-refractivity contribution in [3.8, 4) is 0 Å². The largest absolute Gasteiger partial charge is 0.388 e. The van der Waals surface area contributed by atoms with Gasteiger partial charge in [0, 0.05) is 18.0 Å². The molecule has 1 rings (SSSR count). The van der Waals surface area contributed by atoms with E-state index in [1.54, 1.807) is 12.3 Å². The molecule has 2 nitrogen and oxygen atoms in total. The van der Waals surface area contributed by atoms with E-state index in [1.807, 2.05) is 6.92 Å². The Kier molecular flexibility index (Phi) is 2.85. The molecule has 0 amide bonds. The zero-order chi connectivity index (χ0) is 8.27. The molecular formula is C8H10ClNO. The fourth-order valence-corrected chi connectivity index (χ4v) is 1.12. The van der Waals surface area contributed by atoms with E-state index in [2.05, 4.69) is 4.98 Å². The fraction of sp³-hybridized carbons (Fsp3) is 0.375. The van der Waals surface area contributed by atoms with Crippen LogP contribution in [0.4, 0.5) is 0 Å². The maximum Gasteiger partial charge on any atom is 0.0802 e. The summed E-state index contributed by atoms with van der Waals surface area (Å²) >= 11 is 5.78. The Balaban J connectivity index is 2.93. The Morgan fingerprint density at radius 1 is 1.73 bits per heavy atom. The van der Waals surface area contributed by atoms with Gasteiger partial charge in [-0.25, -0.2) is 0 Å². The van der Waals surface area contributed by atoms with Gasteiger partial charge in [0.05, 0.1) is 11.1 Å². The van der Waals surface area contributed by atoms with E-state index in [0.717, 1.165) is 5.56 Å². The summed E-state index contributed by atoms with van der Waals surface area (Å²) in [7, 11) is 0. The van der Waals surface area contributed by atoms with Crippen LogP contribution in [-0.2, 0) is 0 Å². The molecule has 0 bridgehead atoms. The van der Waals surface area contributed by atoms with Crippen LogP contribution in [0.2, 0.25) is 5.02 Å². The number of hydrogen-bond donors (Lipinski definition) is 1. The Morgan fingerprint density at radius 2 is 2.45 bits per heavy atom. The Hall–Kier alpha value is -0.600. The number of hydrogen-bond acceptors (Lipinski definition) is 2. The van der Waals surface area contributed by atoms with Crippen molar-refractivity contribution in [3.05, 3.63) is 29.0 Å². The van der Waals surface area contributed by atoms with Crippen LogP contribution in [0.1, 0.15) is 25.0 Å². The number of aromatic nitrogens is 1. The van der Waals surface area contributed by atoms with Gasteiger partial charge in [-0.3, -0.25) is 4.98 Å². The molecule has 0 aliphatic heterocycles. The summed E-state index contributed by atoms with van der Waals surface area (Å²) in [6.07, 6.45) is 3.37. The second-order valence-electron chi connectivity index (χ2n) is 2.32. The highest BCUT2D eigenvalue weighted by Gasteiger charge is 2.07. The molecule has 0 fully saturated rings. The van der Waals surface area contributed by atoms with Gasteiger partial charge in [0.1, 0.15) is 0 Å². The number of rotatable bonds is 2. The average molecular weight is 172 g/mol. The molecule has 11 heavy (non-hydrogen) atoms. The molecule has 1 N–H and O–H groups in total. The van der Waals surface area contributed by atoms with E-state index >= 15 is 0 Å². The van der Waals surface area contributed by atoms with Crippen molar-refractivity contribution in [2.45, 2.75) is 19.4 Å². The van der Waals surface area contributed by atoms with Gasteiger partial charge in [-0.1, -0.05) is 18.5 Å². The predicted molar refractivity (Wildman–Crippen MR) is 44.5 cm³/mol. The van der Waals surface area contributed by atoms with Crippen molar-refractivity contribution < 1.29 is 5.11 Å². The lowest BCUT2D eigenvalue weighted by molar-refractivity contribution is 0.173. The zero-order valence-corrected chi connectivity index (χ0v) is 7.04. The first kappa shape index (κ1) is 8.50. The molecule has 1 aromatic rings. The molecule has 0 radical (unpaired) electrons. The molecule has 3 heteroatoms. The molecular weight excluding hydrogens is 162 g/mol. The minimum Gasteiger partial charge on any atom is -0.388 e. The van der Waals surface area contributed by atoms with Crippen molar-refractivity contribution in [1.82, 2.24) is 4.98 Å². The molecule has 1 unspecified atom stereocenters. The van der Waals surface area contributed by atoms with Crippen molar-refractivity contribution in [2.24, 2.45) is 0 Å². The highest BCUT2D eigenvalue weighted by Crippen LogP contribution is 2.23. The molecule has 1 heterocycles. The van der Waals surface area contributed by atoms with E-state index in [1.165, 1.54) is 6.20 Å². The van der Waals surface area contributed by atoms with E-state index in [-0.39, 0.29) is 0 Å². The molecule has 60 valence electrons. The highest BCUT2D eigenvalue weighted by atomic mass is 35.5. The first-order valence-electron chi connectivity index (χ1n) is 3.53. The summed E-state index contributed by atoms with van der Waals surface area (Å²) in [6, 6.07) is 1.73.